The molecule has 1 amide bonds. The lowest BCUT2D eigenvalue weighted by molar-refractivity contribution is 0.102. The number of amides is 1. The highest BCUT2D eigenvalue weighted by Gasteiger charge is 2.19. The molecule has 2 aromatic heterocycles. The molecule has 29 heavy (non-hydrogen) atoms. The van der Waals surface area contributed by atoms with Gasteiger partial charge in [-0.2, -0.15) is 0 Å². The van der Waals surface area contributed by atoms with Gasteiger partial charge in [0, 0.05) is 31.7 Å². The predicted molar refractivity (Wildman–Crippen MR) is 119 cm³/mol. The number of carbonyl (C=O) groups excluding carboxylic acids is 1. The van der Waals surface area contributed by atoms with Crippen LogP contribution in [-0.2, 0) is 11.8 Å². The molecular formula is C24H28N4O. The van der Waals surface area contributed by atoms with Crippen LogP contribution in [-0.4, -0.2) is 29.5 Å². The Morgan fingerprint density at radius 2 is 1.76 bits per heavy atom. The van der Waals surface area contributed by atoms with Crippen LogP contribution in [0.3, 0.4) is 0 Å². The molecule has 0 aliphatic rings. The molecule has 5 nitrogen and oxygen atoms in total. The van der Waals surface area contributed by atoms with Crippen molar-refractivity contribution >= 4 is 17.3 Å². The van der Waals surface area contributed by atoms with E-state index in [1.807, 2.05) is 61.9 Å². The monoisotopic (exact) mass is 388 g/mol. The molecule has 0 spiro atoms. The largest absolute Gasteiger partial charge is 0.373 e. The van der Waals surface area contributed by atoms with Crippen molar-refractivity contribution in [3.8, 4) is 0 Å². The second-order valence-corrected chi connectivity index (χ2v) is 8.18. The normalized spacial score (nSPS) is 11.2. The van der Waals surface area contributed by atoms with Crippen LogP contribution in [0.25, 0.3) is 0 Å². The van der Waals surface area contributed by atoms with E-state index in [0.29, 0.717) is 5.69 Å². The molecular weight excluding hydrogens is 360 g/mol. The van der Waals surface area contributed by atoms with Crippen LogP contribution in [0.5, 0.6) is 0 Å². The number of hydrogen-bond acceptors (Lipinski definition) is 4. The lowest BCUT2D eigenvalue weighted by Crippen LogP contribution is -2.22. The van der Waals surface area contributed by atoms with E-state index in [1.165, 1.54) is 5.56 Å². The molecule has 0 radical (unpaired) electrons. The van der Waals surface area contributed by atoms with Crippen molar-refractivity contribution in [2.75, 3.05) is 23.8 Å². The van der Waals surface area contributed by atoms with Crippen molar-refractivity contribution < 1.29 is 4.79 Å². The van der Waals surface area contributed by atoms with Crippen LogP contribution in [0, 0.1) is 0 Å². The summed E-state index contributed by atoms with van der Waals surface area (Å²) < 4.78 is 0. The highest BCUT2D eigenvalue weighted by Crippen LogP contribution is 2.29. The van der Waals surface area contributed by atoms with Crippen LogP contribution in [0.2, 0.25) is 0 Å². The standard InChI is InChI=1S/C24H28N4O/c1-24(2,3)20-7-5-6-8-21(20)27-23(29)22-10-9-19(17-26-22)28(4)16-13-18-11-14-25-15-12-18/h5-12,14-15,17H,13,16H2,1-4H3,(H,27,29). The summed E-state index contributed by atoms with van der Waals surface area (Å²) in [6.07, 6.45) is 6.28. The van der Waals surface area contributed by atoms with Crippen LogP contribution < -0.4 is 10.2 Å². The molecule has 5 heteroatoms. The number of pyridine rings is 2. The predicted octanol–water partition coefficient (Wildman–Crippen LogP) is 4.71. The zero-order valence-electron chi connectivity index (χ0n) is 17.5. The van der Waals surface area contributed by atoms with Crippen molar-refractivity contribution in [3.63, 3.8) is 0 Å². The molecule has 0 saturated carbocycles. The lowest BCUT2D eigenvalue weighted by Gasteiger charge is -2.23. The zero-order chi connectivity index (χ0) is 20.9. The molecule has 0 unspecified atom stereocenters. The quantitative estimate of drug-likeness (QED) is 0.665. The van der Waals surface area contributed by atoms with Gasteiger partial charge in [-0.3, -0.25) is 9.78 Å². The molecule has 0 bridgehead atoms. The van der Waals surface area contributed by atoms with E-state index in [1.54, 1.807) is 12.3 Å². The van der Waals surface area contributed by atoms with Gasteiger partial charge in [0.25, 0.3) is 5.91 Å². The fourth-order valence-electron chi connectivity index (χ4n) is 3.15. The van der Waals surface area contributed by atoms with E-state index in [9.17, 15) is 4.79 Å². The molecule has 0 aliphatic carbocycles. The van der Waals surface area contributed by atoms with E-state index in [-0.39, 0.29) is 11.3 Å². The first-order valence-corrected chi connectivity index (χ1v) is 9.81. The molecule has 3 rings (SSSR count). The molecule has 1 N–H and O–H groups in total. The minimum Gasteiger partial charge on any atom is -0.373 e. The summed E-state index contributed by atoms with van der Waals surface area (Å²) in [5, 5.41) is 3.01. The highest BCUT2D eigenvalue weighted by molar-refractivity contribution is 6.03. The molecule has 0 saturated heterocycles. The van der Waals surface area contributed by atoms with Crippen molar-refractivity contribution in [2.45, 2.75) is 32.6 Å². The summed E-state index contributed by atoms with van der Waals surface area (Å²) >= 11 is 0. The first-order valence-electron chi connectivity index (χ1n) is 9.81. The van der Waals surface area contributed by atoms with Crippen molar-refractivity contribution in [3.05, 3.63) is 83.9 Å². The van der Waals surface area contributed by atoms with Crippen molar-refractivity contribution in [2.24, 2.45) is 0 Å². The number of carbonyl (C=O) groups is 1. The molecule has 0 fully saturated rings. The first-order chi connectivity index (χ1) is 13.8. The fraction of sp³-hybridized carbons (Fsp3) is 0.292. The molecule has 150 valence electrons. The smallest absolute Gasteiger partial charge is 0.274 e. The third kappa shape index (κ3) is 5.41. The average Bonchev–Trinajstić information content (AvgIpc) is 2.72. The van der Waals surface area contributed by atoms with E-state index in [2.05, 4.69) is 41.0 Å². The van der Waals surface area contributed by atoms with Crippen molar-refractivity contribution in [1.82, 2.24) is 9.97 Å². The van der Waals surface area contributed by atoms with Gasteiger partial charge >= 0.3 is 0 Å². The summed E-state index contributed by atoms with van der Waals surface area (Å²) in [6.45, 7) is 7.25. The Hall–Kier alpha value is -3.21. The molecule has 1 aromatic carbocycles. The minimum absolute atomic E-state index is 0.0569. The number of para-hydroxylation sites is 1. The number of likely N-dealkylation sites (N-methyl/N-ethyl adjacent to an activating group) is 1. The summed E-state index contributed by atoms with van der Waals surface area (Å²) in [5.74, 6) is -0.201. The number of benzene rings is 1. The minimum atomic E-state index is -0.201. The van der Waals surface area contributed by atoms with Gasteiger partial charge in [0.1, 0.15) is 5.69 Å². The number of hydrogen-bond donors (Lipinski definition) is 1. The molecule has 3 aromatic rings. The SMILES string of the molecule is CN(CCc1ccncc1)c1ccc(C(=O)Nc2ccccc2C(C)(C)C)nc1. The second kappa shape index (κ2) is 8.86. The maximum absolute atomic E-state index is 12.7. The van der Waals surface area contributed by atoms with Gasteiger partial charge in [0.05, 0.1) is 11.9 Å². The first kappa shape index (κ1) is 20.5. The Bertz CT molecular complexity index is 947. The van der Waals surface area contributed by atoms with Crippen molar-refractivity contribution in [1.29, 1.82) is 0 Å². The zero-order valence-corrected chi connectivity index (χ0v) is 17.5. The third-order valence-electron chi connectivity index (χ3n) is 4.89. The molecule has 0 atom stereocenters. The Balaban J connectivity index is 1.65. The number of rotatable bonds is 6. The van der Waals surface area contributed by atoms with Crippen LogP contribution in [0.1, 0.15) is 42.4 Å². The van der Waals surface area contributed by atoms with Crippen LogP contribution in [0.4, 0.5) is 11.4 Å². The molecule has 2 heterocycles. The topological polar surface area (TPSA) is 58.1 Å². The lowest BCUT2D eigenvalue weighted by atomic mass is 9.86. The fourth-order valence-corrected chi connectivity index (χ4v) is 3.15. The summed E-state index contributed by atoms with van der Waals surface area (Å²) in [7, 11) is 2.03. The summed E-state index contributed by atoms with van der Waals surface area (Å²) in [6, 6.07) is 15.6. The summed E-state index contributed by atoms with van der Waals surface area (Å²) in [4.78, 5) is 23.2. The van der Waals surface area contributed by atoms with Gasteiger partial charge in [-0.15, -0.1) is 0 Å². The maximum Gasteiger partial charge on any atom is 0.274 e. The Labute approximate surface area is 172 Å². The van der Waals surface area contributed by atoms with Gasteiger partial charge in [0.15, 0.2) is 0 Å². The van der Waals surface area contributed by atoms with E-state index >= 15 is 0 Å². The number of nitrogens with one attached hydrogen (secondary N) is 1. The number of nitrogens with zero attached hydrogens (tertiary/aromatic N) is 3. The van der Waals surface area contributed by atoms with E-state index < -0.39 is 0 Å². The van der Waals surface area contributed by atoms with Crippen LogP contribution >= 0.6 is 0 Å². The highest BCUT2D eigenvalue weighted by atomic mass is 16.1. The van der Waals surface area contributed by atoms with E-state index in [4.69, 9.17) is 0 Å². The molecule has 0 aliphatic heterocycles. The Morgan fingerprint density at radius 3 is 2.41 bits per heavy atom. The number of aromatic nitrogens is 2. The third-order valence-corrected chi connectivity index (χ3v) is 4.89. The maximum atomic E-state index is 12.7. The number of anilines is 2. The van der Waals surface area contributed by atoms with Gasteiger partial charge in [-0.05, 0) is 53.3 Å². The van der Waals surface area contributed by atoms with Gasteiger partial charge < -0.3 is 10.2 Å². The van der Waals surface area contributed by atoms with E-state index in [0.717, 1.165) is 29.9 Å². The Morgan fingerprint density at radius 1 is 1.03 bits per heavy atom. The average molecular weight is 389 g/mol. The van der Waals surface area contributed by atoms with Gasteiger partial charge in [-0.25, -0.2) is 4.98 Å². The van der Waals surface area contributed by atoms with Gasteiger partial charge in [0.2, 0.25) is 0 Å². The van der Waals surface area contributed by atoms with Gasteiger partial charge in [-0.1, -0.05) is 39.0 Å². The Kier molecular flexibility index (Phi) is 6.27. The van der Waals surface area contributed by atoms with Crippen LogP contribution in [0.15, 0.2) is 67.1 Å². The summed E-state index contributed by atoms with van der Waals surface area (Å²) in [5.41, 5.74) is 4.49. The second-order valence-electron chi connectivity index (χ2n) is 8.18.